The average molecular weight is 949 g/mol. The molecule has 0 bridgehead atoms. The number of halogens is 1. The molecule has 11 heteroatoms. The fourth-order valence-electron chi connectivity index (χ4n) is 8.69. The van der Waals surface area contributed by atoms with Gasteiger partial charge in [0.15, 0.2) is 17.4 Å². The van der Waals surface area contributed by atoms with E-state index in [0.29, 0.717) is 25.2 Å². The summed E-state index contributed by atoms with van der Waals surface area (Å²) in [6.07, 6.45) is 2.08. The molecule has 0 amide bonds. The molecule has 0 unspecified atom stereocenters. The maximum absolute atomic E-state index is 8.53. The van der Waals surface area contributed by atoms with Crippen LogP contribution in [0.5, 0.6) is 5.75 Å². The Kier molecular flexibility index (Phi) is 10.5. The van der Waals surface area contributed by atoms with E-state index < -0.39 is 0 Å². The minimum atomic E-state index is 0.597. The molecule has 9 nitrogen and oxygen atoms in total. The Balaban J connectivity index is 0.000000116. The fraction of sp³-hybridized carbons (Fsp3) is 0. The van der Waals surface area contributed by atoms with Gasteiger partial charge in [0, 0.05) is 84.3 Å². The van der Waals surface area contributed by atoms with Gasteiger partial charge in [-0.15, -0.1) is 0 Å². The van der Waals surface area contributed by atoms with Crippen LogP contribution in [0.2, 0.25) is 0 Å². The van der Waals surface area contributed by atoms with Crippen LogP contribution in [0.3, 0.4) is 0 Å². The van der Waals surface area contributed by atoms with Crippen molar-refractivity contribution in [1.82, 2.24) is 9.97 Å². The number of fused-ring (bicyclic) bond motifs is 10. The van der Waals surface area contributed by atoms with Gasteiger partial charge < -0.3 is 27.3 Å². The van der Waals surface area contributed by atoms with Gasteiger partial charge in [-0.2, -0.15) is 4.57 Å². The van der Waals surface area contributed by atoms with E-state index in [0.717, 1.165) is 104 Å². The van der Waals surface area contributed by atoms with Crippen molar-refractivity contribution in [2.24, 2.45) is 0 Å². The Morgan fingerprint density at radius 1 is 0.441 bits per heavy atom. The summed E-state index contributed by atoms with van der Waals surface area (Å²) < 4.78 is 32.2. The lowest BCUT2D eigenvalue weighted by molar-refractivity contribution is -0.567. The molecular weight excluding hydrogens is 913 g/mol. The van der Waals surface area contributed by atoms with Crippen LogP contribution in [0.15, 0.2) is 229 Å². The summed E-state index contributed by atoms with van der Waals surface area (Å²) in [5.41, 5.74) is 10.6. The van der Waals surface area contributed by atoms with Crippen LogP contribution in [0.25, 0.3) is 116 Å². The number of rotatable bonds is 5. The Bertz CT molecular complexity index is 4160. The highest BCUT2D eigenvalue weighted by molar-refractivity contribution is 9.10. The molecule has 5 aromatic heterocycles. The molecule has 0 saturated heterocycles. The summed E-state index contributed by atoms with van der Waals surface area (Å²) in [6, 6.07) is 66.3. The lowest BCUT2D eigenvalue weighted by Crippen LogP contribution is -2.30. The standard InChI is InChI=1S/C28H17N2O2.C19H10BrNO2.C10H8BO2/c1-3-12-24-18(7-1)9-6-14-30(24)20-10-5-8-19(15-20)28-29-23-17-26-22(16-27(23)32-28)21-11-2-4-13-25(21)31-26;20-12-5-3-4-11(8-12)19-21-15-10-17-14(9-18(15)23-19)13-6-1-2-7-16(13)22-17;12-11-13-10-7-3-5-8-4-1-2-6-9(8)10/h1-17H;1-10H;1-7,12H/q+1;;. The minimum absolute atomic E-state index is 0.597. The molecule has 0 spiro atoms. The zero-order valence-corrected chi connectivity index (χ0v) is 37.5. The van der Waals surface area contributed by atoms with Gasteiger partial charge in [0.2, 0.25) is 23.0 Å². The van der Waals surface area contributed by atoms with Gasteiger partial charge in [-0.05, 0) is 72.1 Å². The molecule has 323 valence electrons. The average Bonchev–Trinajstić information content (AvgIpc) is 4.18. The molecule has 5 heterocycles. The van der Waals surface area contributed by atoms with Crippen molar-refractivity contribution in [1.29, 1.82) is 0 Å². The van der Waals surface area contributed by atoms with Crippen LogP contribution < -0.4 is 9.22 Å². The summed E-state index contributed by atoms with van der Waals surface area (Å²) in [4.78, 5) is 9.36. The number of aromatic nitrogens is 3. The van der Waals surface area contributed by atoms with Gasteiger partial charge in [0.1, 0.15) is 39.1 Å². The van der Waals surface area contributed by atoms with Gasteiger partial charge in [-0.1, -0.05) is 113 Å². The third-order valence-corrected chi connectivity index (χ3v) is 12.3. The van der Waals surface area contributed by atoms with Gasteiger partial charge in [-0.3, -0.25) is 0 Å². The molecule has 14 rings (SSSR count). The Morgan fingerprint density at radius 2 is 0.985 bits per heavy atom. The quantitative estimate of drug-likeness (QED) is 0.134. The van der Waals surface area contributed by atoms with Crippen molar-refractivity contribution in [3.63, 3.8) is 0 Å². The number of hydrogen-bond donors (Lipinski definition) is 1. The SMILES string of the molecule is Brc1cccc(-c2nc3cc4oc5ccccc5c4cc3o2)c1.O[B]Oc1cccc2ccccc12.c1cc(-c2nc3cc4oc5ccccc5c4cc3o2)cc(-[n+]2cccc3ccccc32)c1. The first-order valence-corrected chi connectivity index (χ1v) is 22.6. The summed E-state index contributed by atoms with van der Waals surface area (Å²) >= 11 is 3.48. The summed E-state index contributed by atoms with van der Waals surface area (Å²) in [5.74, 6) is 1.87. The Hall–Kier alpha value is -8.51. The van der Waals surface area contributed by atoms with Crippen LogP contribution in [0, 0.1) is 0 Å². The second kappa shape index (κ2) is 17.4. The number of para-hydroxylation sites is 3. The van der Waals surface area contributed by atoms with Crippen molar-refractivity contribution in [2.75, 3.05) is 0 Å². The third kappa shape index (κ3) is 7.69. The van der Waals surface area contributed by atoms with E-state index >= 15 is 0 Å². The van der Waals surface area contributed by atoms with Crippen molar-refractivity contribution >= 4 is 111 Å². The normalized spacial score (nSPS) is 11.4. The molecule has 0 fully saturated rings. The number of benzene rings is 9. The summed E-state index contributed by atoms with van der Waals surface area (Å²) in [6.45, 7) is 0. The highest BCUT2D eigenvalue weighted by Crippen LogP contribution is 2.36. The lowest BCUT2D eigenvalue weighted by atomic mass is 10.1. The first-order chi connectivity index (χ1) is 33.5. The molecule has 0 aliphatic heterocycles. The first kappa shape index (κ1) is 41.0. The third-order valence-electron chi connectivity index (χ3n) is 11.9. The van der Waals surface area contributed by atoms with E-state index in [2.05, 4.69) is 92.3 Å². The largest absolute Gasteiger partial charge is 0.569 e. The number of furan rings is 2. The van der Waals surface area contributed by atoms with Crippen molar-refractivity contribution in [2.45, 2.75) is 0 Å². The minimum Gasteiger partial charge on any atom is -0.537 e. The fourth-order valence-corrected chi connectivity index (χ4v) is 9.09. The molecule has 0 atom stereocenters. The summed E-state index contributed by atoms with van der Waals surface area (Å²) in [7, 11) is 0.696. The number of oxazole rings is 2. The molecule has 1 N–H and O–H groups in total. The van der Waals surface area contributed by atoms with E-state index in [-0.39, 0.29) is 0 Å². The molecule has 68 heavy (non-hydrogen) atoms. The Morgan fingerprint density at radius 3 is 1.65 bits per heavy atom. The molecule has 14 aromatic rings. The van der Waals surface area contributed by atoms with Crippen LogP contribution >= 0.6 is 15.9 Å². The van der Waals surface area contributed by atoms with E-state index in [1.165, 1.54) is 5.39 Å². The van der Waals surface area contributed by atoms with Crippen LogP contribution in [-0.4, -0.2) is 22.7 Å². The van der Waals surface area contributed by atoms with E-state index in [4.69, 9.17) is 32.3 Å². The zero-order chi connectivity index (χ0) is 45.6. The number of hydrogen-bond acceptors (Lipinski definition) is 8. The van der Waals surface area contributed by atoms with Crippen molar-refractivity contribution in [3.05, 3.63) is 211 Å². The predicted octanol–water partition coefficient (Wildman–Crippen LogP) is 14.7. The zero-order valence-electron chi connectivity index (χ0n) is 35.9. The topological polar surface area (TPSA) is 112 Å². The van der Waals surface area contributed by atoms with Crippen LogP contribution in [0.1, 0.15) is 0 Å². The maximum atomic E-state index is 8.53. The van der Waals surface area contributed by atoms with Crippen LogP contribution in [-0.2, 0) is 0 Å². The summed E-state index contributed by atoms with van der Waals surface area (Å²) in [5, 5.41) is 16.1. The molecule has 0 aliphatic rings. The molecule has 0 saturated carbocycles. The van der Waals surface area contributed by atoms with Gasteiger partial charge >= 0.3 is 7.69 Å². The molecule has 0 aliphatic carbocycles. The Labute approximate surface area is 396 Å². The van der Waals surface area contributed by atoms with Crippen LogP contribution in [0.4, 0.5) is 0 Å². The smallest absolute Gasteiger partial charge is 0.537 e. The first-order valence-electron chi connectivity index (χ1n) is 21.8. The second-order valence-electron chi connectivity index (χ2n) is 16.1. The second-order valence-corrected chi connectivity index (χ2v) is 17.0. The predicted molar refractivity (Wildman–Crippen MR) is 273 cm³/mol. The number of pyridine rings is 1. The number of nitrogens with zero attached hydrogens (tertiary/aromatic N) is 3. The van der Waals surface area contributed by atoms with E-state index in [9.17, 15) is 0 Å². The van der Waals surface area contributed by atoms with Gasteiger partial charge in [-0.25, -0.2) is 9.97 Å². The highest BCUT2D eigenvalue weighted by Gasteiger charge is 2.18. The molecular formula is C57H35BBrN3O6+. The maximum Gasteiger partial charge on any atom is 0.569 e. The van der Waals surface area contributed by atoms with Gasteiger partial charge in [0.25, 0.3) is 0 Å². The molecule has 1 radical (unpaired) electrons. The lowest BCUT2D eigenvalue weighted by Gasteiger charge is -2.05. The van der Waals surface area contributed by atoms with E-state index in [1.54, 1.807) is 0 Å². The van der Waals surface area contributed by atoms with E-state index in [1.807, 2.05) is 140 Å². The van der Waals surface area contributed by atoms with Crippen molar-refractivity contribution in [3.8, 4) is 34.3 Å². The van der Waals surface area contributed by atoms with Gasteiger partial charge in [0.05, 0.1) is 0 Å². The highest BCUT2D eigenvalue weighted by atomic mass is 79.9. The molecule has 9 aromatic carbocycles. The monoisotopic (exact) mass is 947 g/mol. The van der Waals surface area contributed by atoms with Crippen molar-refractivity contribution < 1.29 is 31.9 Å².